The third-order valence-electron chi connectivity index (χ3n) is 3.63. The lowest BCUT2D eigenvalue weighted by atomic mass is 9.88. The van der Waals surface area contributed by atoms with Crippen molar-refractivity contribution in [2.45, 2.75) is 31.9 Å². The van der Waals surface area contributed by atoms with Gasteiger partial charge in [0.05, 0.1) is 0 Å². The van der Waals surface area contributed by atoms with E-state index in [0.717, 1.165) is 24.2 Å². The lowest BCUT2D eigenvalue weighted by molar-refractivity contribution is 0.305. The molecule has 19 heavy (non-hydrogen) atoms. The largest absolute Gasteiger partial charge is 0.489 e. The number of rotatable bonds is 3. The number of benzene rings is 1. The fourth-order valence-electron chi connectivity index (χ4n) is 2.55. The monoisotopic (exact) mass is 254 g/mol. The first-order chi connectivity index (χ1) is 9.33. The Morgan fingerprint density at radius 3 is 2.89 bits per heavy atom. The fourth-order valence-corrected chi connectivity index (χ4v) is 2.55. The minimum Gasteiger partial charge on any atom is -0.489 e. The first-order valence-electron chi connectivity index (χ1n) is 6.73. The van der Waals surface area contributed by atoms with Crippen molar-refractivity contribution in [1.29, 1.82) is 0 Å². The number of hydrogen-bond acceptors (Lipinski definition) is 3. The van der Waals surface area contributed by atoms with E-state index in [1.807, 2.05) is 18.2 Å². The summed E-state index contributed by atoms with van der Waals surface area (Å²) in [5.41, 5.74) is 9.90. The van der Waals surface area contributed by atoms with E-state index >= 15 is 0 Å². The Morgan fingerprint density at radius 1 is 1.21 bits per heavy atom. The van der Waals surface area contributed by atoms with Crippen molar-refractivity contribution in [3.8, 4) is 5.75 Å². The van der Waals surface area contributed by atoms with Crippen molar-refractivity contribution < 1.29 is 4.74 Å². The van der Waals surface area contributed by atoms with Crippen LogP contribution in [0.15, 0.2) is 42.7 Å². The van der Waals surface area contributed by atoms with Crippen LogP contribution < -0.4 is 10.5 Å². The summed E-state index contributed by atoms with van der Waals surface area (Å²) in [6.45, 7) is 0.566. The molecule has 1 aromatic carbocycles. The van der Waals surface area contributed by atoms with Crippen LogP contribution in [0.4, 0.5) is 0 Å². The van der Waals surface area contributed by atoms with Crippen molar-refractivity contribution in [2.75, 3.05) is 0 Å². The molecule has 1 heterocycles. The summed E-state index contributed by atoms with van der Waals surface area (Å²) in [6, 6.07) is 10.4. The summed E-state index contributed by atoms with van der Waals surface area (Å²) >= 11 is 0. The van der Waals surface area contributed by atoms with Crippen LogP contribution in [0.1, 0.15) is 35.6 Å². The molecule has 0 saturated carbocycles. The average molecular weight is 254 g/mol. The highest BCUT2D eigenvalue weighted by atomic mass is 16.5. The molecule has 0 saturated heterocycles. The molecule has 3 rings (SSSR count). The summed E-state index contributed by atoms with van der Waals surface area (Å²) in [5, 5.41) is 0. The quantitative estimate of drug-likeness (QED) is 0.916. The Balaban J connectivity index is 1.74. The molecule has 0 unspecified atom stereocenters. The Hall–Kier alpha value is -1.87. The Labute approximate surface area is 113 Å². The lowest BCUT2D eigenvalue weighted by Gasteiger charge is -2.22. The fraction of sp³-hybridized carbons (Fsp3) is 0.312. The van der Waals surface area contributed by atoms with Crippen molar-refractivity contribution in [1.82, 2.24) is 4.98 Å². The van der Waals surface area contributed by atoms with E-state index in [9.17, 15) is 0 Å². The lowest BCUT2D eigenvalue weighted by Crippen LogP contribution is -2.17. The molecule has 0 amide bonds. The maximum absolute atomic E-state index is 6.16. The average Bonchev–Trinajstić information content (AvgIpc) is 2.47. The van der Waals surface area contributed by atoms with Crippen LogP contribution >= 0.6 is 0 Å². The minimum atomic E-state index is 0.160. The van der Waals surface area contributed by atoms with E-state index in [0.29, 0.717) is 6.61 Å². The molecular formula is C16H18N2O. The second-order valence-electron chi connectivity index (χ2n) is 5.00. The minimum absolute atomic E-state index is 0.160. The molecule has 2 N–H and O–H groups in total. The van der Waals surface area contributed by atoms with Gasteiger partial charge in [-0.15, -0.1) is 0 Å². The van der Waals surface area contributed by atoms with Crippen LogP contribution in [0.25, 0.3) is 0 Å². The van der Waals surface area contributed by atoms with E-state index in [-0.39, 0.29) is 6.04 Å². The van der Waals surface area contributed by atoms with Crippen LogP contribution in [-0.4, -0.2) is 4.98 Å². The highest BCUT2D eigenvalue weighted by Gasteiger charge is 2.17. The predicted octanol–water partition coefficient (Wildman–Crippen LogP) is 3.00. The zero-order valence-corrected chi connectivity index (χ0v) is 10.9. The van der Waals surface area contributed by atoms with E-state index < -0.39 is 0 Å². The van der Waals surface area contributed by atoms with E-state index in [1.54, 1.807) is 12.4 Å². The molecule has 1 aliphatic rings. The van der Waals surface area contributed by atoms with Crippen molar-refractivity contribution in [3.05, 3.63) is 59.4 Å². The van der Waals surface area contributed by atoms with E-state index in [1.165, 1.54) is 17.5 Å². The second kappa shape index (κ2) is 5.41. The highest BCUT2D eigenvalue weighted by molar-refractivity contribution is 5.39. The maximum Gasteiger partial charge on any atom is 0.120 e. The molecule has 1 aliphatic carbocycles. The van der Waals surface area contributed by atoms with Gasteiger partial charge in [-0.25, -0.2) is 0 Å². The zero-order valence-electron chi connectivity index (χ0n) is 10.9. The number of aryl methyl sites for hydroxylation is 1. The van der Waals surface area contributed by atoms with Gasteiger partial charge < -0.3 is 10.5 Å². The molecule has 3 nitrogen and oxygen atoms in total. The molecule has 0 fully saturated rings. The first-order valence-corrected chi connectivity index (χ1v) is 6.73. The summed E-state index contributed by atoms with van der Waals surface area (Å²) in [6.07, 6.45) is 6.95. The van der Waals surface area contributed by atoms with Gasteiger partial charge >= 0.3 is 0 Å². The summed E-state index contributed by atoms with van der Waals surface area (Å²) in [4.78, 5) is 4.00. The van der Waals surface area contributed by atoms with E-state index in [2.05, 4.69) is 17.1 Å². The molecule has 2 aromatic rings. The molecular weight excluding hydrogens is 236 g/mol. The first kappa shape index (κ1) is 12.2. The molecule has 1 atom stereocenters. The SMILES string of the molecule is N[C@H]1CCCc2ccc(OCc3ccncc3)cc21. The van der Waals surface area contributed by atoms with Crippen molar-refractivity contribution in [2.24, 2.45) is 5.73 Å². The highest BCUT2D eigenvalue weighted by Crippen LogP contribution is 2.31. The van der Waals surface area contributed by atoms with Crippen LogP contribution in [0.5, 0.6) is 5.75 Å². The molecule has 3 heteroatoms. The molecule has 0 aliphatic heterocycles. The predicted molar refractivity (Wildman–Crippen MR) is 74.9 cm³/mol. The van der Waals surface area contributed by atoms with Crippen LogP contribution in [-0.2, 0) is 13.0 Å². The van der Waals surface area contributed by atoms with Gasteiger partial charge in [0.15, 0.2) is 0 Å². The molecule has 0 bridgehead atoms. The van der Waals surface area contributed by atoms with E-state index in [4.69, 9.17) is 10.5 Å². The van der Waals surface area contributed by atoms with Gasteiger partial charge in [0.2, 0.25) is 0 Å². The van der Waals surface area contributed by atoms with Crippen molar-refractivity contribution >= 4 is 0 Å². The van der Waals surface area contributed by atoms with Crippen molar-refractivity contribution in [3.63, 3.8) is 0 Å². The number of nitrogens with two attached hydrogens (primary N) is 1. The number of ether oxygens (including phenoxy) is 1. The number of hydrogen-bond donors (Lipinski definition) is 1. The molecule has 1 aromatic heterocycles. The molecule has 0 spiro atoms. The number of nitrogens with zero attached hydrogens (tertiary/aromatic N) is 1. The Bertz CT molecular complexity index is 554. The van der Waals surface area contributed by atoms with Gasteiger partial charge in [-0.2, -0.15) is 0 Å². The Kier molecular flexibility index (Phi) is 3.47. The number of pyridine rings is 1. The number of aromatic nitrogens is 1. The standard InChI is InChI=1S/C16H18N2O/c17-16-3-1-2-13-4-5-14(10-15(13)16)19-11-12-6-8-18-9-7-12/h4-10,16H,1-3,11,17H2/t16-/m0/s1. The smallest absolute Gasteiger partial charge is 0.120 e. The maximum atomic E-state index is 6.16. The Morgan fingerprint density at radius 2 is 2.05 bits per heavy atom. The van der Waals surface area contributed by atoms with Gasteiger partial charge in [0.1, 0.15) is 12.4 Å². The third-order valence-corrected chi connectivity index (χ3v) is 3.63. The topological polar surface area (TPSA) is 48.1 Å². The third kappa shape index (κ3) is 2.76. The summed E-state index contributed by atoms with van der Waals surface area (Å²) < 4.78 is 5.82. The summed E-state index contributed by atoms with van der Waals surface area (Å²) in [7, 11) is 0. The van der Waals surface area contributed by atoms with Gasteiger partial charge in [-0.1, -0.05) is 6.07 Å². The number of fused-ring (bicyclic) bond motifs is 1. The summed E-state index contributed by atoms with van der Waals surface area (Å²) in [5.74, 6) is 0.896. The normalized spacial score (nSPS) is 17.8. The van der Waals surface area contributed by atoms with Gasteiger partial charge in [-0.3, -0.25) is 4.98 Å². The van der Waals surface area contributed by atoms with Crippen LogP contribution in [0.2, 0.25) is 0 Å². The molecule has 0 radical (unpaired) electrons. The van der Waals surface area contributed by atoms with Crippen LogP contribution in [0.3, 0.4) is 0 Å². The molecule has 98 valence electrons. The van der Waals surface area contributed by atoms with Gasteiger partial charge in [0, 0.05) is 18.4 Å². The van der Waals surface area contributed by atoms with Crippen LogP contribution in [0, 0.1) is 0 Å². The van der Waals surface area contributed by atoms with Gasteiger partial charge in [0.25, 0.3) is 0 Å². The second-order valence-corrected chi connectivity index (χ2v) is 5.00. The van der Waals surface area contributed by atoms with Gasteiger partial charge in [-0.05, 0) is 60.2 Å². The zero-order chi connectivity index (χ0) is 13.1.